The van der Waals surface area contributed by atoms with Gasteiger partial charge in [-0.05, 0) is 42.0 Å². The number of thiocarbonyl (C=S) groups is 1. The number of benzene rings is 3. The summed E-state index contributed by atoms with van der Waals surface area (Å²) in [6.45, 7) is 0.303. The van der Waals surface area contributed by atoms with Gasteiger partial charge in [0.15, 0.2) is 15.8 Å². The van der Waals surface area contributed by atoms with Gasteiger partial charge in [0.1, 0.15) is 18.2 Å². The zero-order chi connectivity index (χ0) is 22.1. The van der Waals surface area contributed by atoms with Crippen molar-refractivity contribution in [1.29, 1.82) is 0 Å². The van der Waals surface area contributed by atoms with Crippen molar-refractivity contribution in [1.82, 2.24) is 0 Å². The Morgan fingerprint density at radius 2 is 1.84 bits per heavy atom. The second kappa shape index (κ2) is 8.64. The first-order valence-electron chi connectivity index (χ1n) is 9.72. The fourth-order valence-electron chi connectivity index (χ4n) is 3.30. The summed E-state index contributed by atoms with van der Waals surface area (Å²) >= 11 is 6.68. The molecule has 1 saturated heterocycles. The number of hydrogen-bond donors (Lipinski definition) is 0. The van der Waals surface area contributed by atoms with Crippen molar-refractivity contribution < 1.29 is 23.4 Å². The van der Waals surface area contributed by atoms with Crippen molar-refractivity contribution in [3.63, 3.8) is 0 Å². The van der Waals surface area contributed by atoms with Gasteiger partial charge in [-0.15, -0.1) is 0 Å². The van der Waals surface area contributed by atoms with E-state index in [1.165, 1.54) is 22.7 Å². The number of fused-ring (bicyclic) bond motifs is 1. The van der Waals surface area contributed by atoms with E-state index in [2.05, 4.69) is 0 Å². The molecule has 32 heavy (non-hydrogen) atoms. The number of rotatable bonds is 5. The second-order valence-electron chi connectivity index (χ2n) is 7.00. The molecule has 3 aromatic carbocycles. The first-order chi connectivity index (χ1) is 15.6. The first kappa shape index (κ1) is 20.5. The molecule has 160 valence electrons. The number of amides is 1. The topological polar surface area (TPSA) is 48.0 Å². The summed E-state index contributed by atoms with van der Waals surface area (Å²) in [5.41, 5.74) is 1.95. The third kappa shape index (κ3) is 4.06. The number of thioether (sulfide) groups is 1. The molecule has 3 aromatic rings. The lowest BCUT2D eigenvalue weighted by Crippen LogP contribution is -2.27. The van der Waals surface area contributed by atoms with E-state index in [9.17, 15) is 9.18 Å². The number of ether oxygens (including phenoxy) is 3. The van der Waals surface area contributed by atoms with Crippen molar-refractivity contribution in [2.45, 2.75) is 6.61 Å². The molecule has 2 heterocycles. The van der Waals surface area contributed by atoms with E-state index in [-0.39, 0.29) is 25.1 Å². The van der Waals surface area contributed by atoms with Crippen LogP contribution in [0.4, 0.5) is 10.1 Å². The number of carbonyl (C=O) groups excluding carboxylic acids is 1. The molecule has 0 aromatic heterocycles. The molecule has 0 aliphatic carbocycles. The number of hydrogen-bond acceptors (Lipinski definition) is 6. The summed E-state index contributed by atoms with van der Waals surface area (Å²) in [5.74, 6) is 1.35. The molecule has 1 fully saturated rings. The SMILES string of the molecule is O=C1/C(=C\c2ccc(OCc3ccccc3F)cc2)SC(=S)N1c1ccc2c(c1)OCO2. The van der Waals surface area contributed by atoms with Crippen LogP contribution in [0.3, 0.4) is 0 Å². The molecule has 0 bridgehead atoms. The highest BCUT2D eigenvalue weighted by Crippen LogP contribution is 2.40. The number of nitrogens with zero attached hydrogens (tertiary/aromatic N) is 1. The minimum Gasteiger partial charge on any atom is -0.489 e. The van der Waals surface area contributed by atoms with E-state index in [4.69, 9.17) is 26.4 Å². The van der Waals surface area contributed by atoms with Crippen molar-refractivity contribution in [2.24, 2.45) is 0 Å². The molecule has 2 aliphatic heterocycles. The fourth-order valence-corrected chi connectivity index (χ4v) is 4.60. The number of halogens is 1. The van der Waals surface area contributed by atoms with Crippen molar-refractivity contribution in [3.05, 3.63) is 88.6 Å². The molecule has 0 atom stereocenters. The highest BCUT2D eigenvalue weighted by Gasteiger charge is 2.34. The molecule has 0 spiro atoms. The van der Waals surface area contributed by atoms with Gasteiger partial charge in [-0.3, -0.25) is 9.69 Å². The maximum Gasteiger partial charge on any atom is 0.270 e. The predicted molar refractivity (Wildman–Crippen MR) is 125 cm³/mol. The normalized spacial score (nSPS) is 16.2. The summed E-state index contributed by atoms with van der Waals surface area (Å²) in [6.07, 6.45) is 1.78. The van der Waals surface area contributed by atoms with Crippen LogP contribution < -0.4 is 19.1 Å². The van der Waals surface area contributed by atoms with Gasteiger partial charge in [-0.2, -0.15) is 0 Å². The van der Waals surface area contributed by atoms with Crippen LogP contribution in [-0.2, 0) is 11.4 Å². The van der Waals surface area contributed by atoms with Crippen LogP contribution in [0.2, 0.25) is 0 Å². The van der Waals surface area contributed by atoms with E-state index >= 15 is 0 Å². The average Bonchev–Trinajstić information content (AvgIpc) is 3.37. The van der Waals surface area contributed by atoms with Crippen molar-refractivity contribution in [3.8, 4) is 17.2 Å². The molecular formula is C24H16FNO4S2. The maximum atomic E-state index is 13.7. The van der Waals surface area contributed by atoms with E-state index in [1.807, 2.05) is 12.1 Å². The highest BCUT2D eigenvalue weighted by atomic mass is 32.2. The fraction of sp³-hybridized carbons (Fsp3) is 0.0833. The predicted octanol–water partition coefficient (Wildman–Crippen LogP) is 5.54. The Balaban J connectivity index is 1.29. The van der Waals surface area contributed by atoms with Crippen LogP contribution in [0, 0.1) is 5.82 Å². The standard InChI is InChI=1S/C24H16FNO4S2/c25-19-4-2-1-3-16(19)13-28-18-8-5-15(6-9-18)11-22-23(27)26(24(31)32-22)17-7-10-20-21(12-17)30-14-29-20/h1-12H,13-14H2/b22-11+. The average molecular weight is 466 g/mol. The Labute approximate surface area is 193 Å². The Morgan fingerprint density at radius 1 is 1.06 bits per heavy atom. The Bertz CT molecular complexity index is 1240. The monoisotopic (exact) mass is 465 g/mol. The Kier molecular flexibility index (Phi) is 5.55. The summed E-state index contributed by atoms with van der Waals surface area (Å²) < 4.78 is 30.6. The minimum absolute atomic E-state index is 0.139. The van der Waals surface area contributed by atoms with Gasteiger partial charge in [-0.25, -0.2) is 4.39 Å². The molecule has 8 heteroatoms. The molecule has 5 rings (SSSR count). The van der Waals surface area contributed by atoms with Gasteiger partial charge in [-0.1, -0.05) is 54.3 Å². The highest BCUT2D eigenvalue weighted by molar-refractivity contribution is 8.27. The third-order valence-corrected chi connectivity index (χ3v) is 6.24. The molecule has 2 aliphatic rings. The van der Waals surface area contributed by atoms with Gasteiger partial charge in [0.2, 0.25) is 6.79 Å². The van der Waals surface area contributed by atoms with Gasteiger partial charge in [0.05, 0.1) is 10.6 Å². The van der Waals surface area contributed by atoms with E-state index < -0.39 is 0 Å². The van der Waals surface area contributed by atoms with Crippen LogP contribution in [0.15, 0.2) is 71.6 Å². The van der Waals surface area contributed by atoms with Crippen LogP contribution in [0.1, 0.15) is 11.1 Å². The molecule has 0 saturated carbocycles. The van der Waals surface area contributed by atoms with Crippen LogP contribution in [-0.4, -0.2) is 17.0 Å². The minimum atomic E-state index is -0.298. The molecular weight excluding hydrogens is 449 g/mol. The third-order valence-electron chi connectivity index (χ3n) is 4.94. The maximum absolute atomic E-state index is 13.7. The molecule has 0 radical (unpaired) electrons. The summed E-state index contributed by atoms with van der Waals surface area (Å²) in [6, 6.07) is 19.0. The Hall–Kier alpha value is -3.36. The number of anilines is 1. The Morgan fingerprint density at radius 3 is 2.66 bits per heavy atom. The zero-order valence-electron chi connectivity index (χ0n) is 16.6. The van der Waals surface area contributed by atoms with Gasteiger partial charge in [0, 0.05) is 11.6 Å². The van der Waals surface area contributed by atoms with Gasteiger partial charge >= 0.3 is 0 Å². The smallest absolute Gasteiger partial charge is 0.270 e. The van der Waals surface area contributed by atoms with E-state index in [0.29, 0.717) is 37.7 Å². The summed E-state index contributed by atoms with van der Waals surface area (Å²) in [5, 5.41) is 0. The number of carbonyl (C=O) groups is 1. The van der Waals surface area contributed by atoms with Crippen LogP contribution in [0.25, 0.3) is 6.08 Å². The summed E-state index contributed by atoms with van der Waals surface area (Å²) in [7, 11) is 0. The molecule has 0 N–H and O–H groups in total. The zero-order valence-corrected chi connectivity index (χ0v) is 18.3. The lowest BCUT2D eigenvalue weighted by Gasteiger charge is -2.14. The lowest BCUT2D eigenvalue weighted by molar-refractivity contribution is -0.113. The lowest BCUT2D eigenvalue weighted by atomic mass is 10.2. The van der Waals surface area contributed by atoms with Gasteiger partial charge < -0.3 is 14.2 Å². The van der Waals surface area contributed by atoms with Gasteiger partial charge in [0.25, 0.3) is 5.91 Å². The van der Waals surface area contributed by atoms with Crippen LogP contribution >= 0.6 is 24.0 Å². The molecule has 5 nitrogen and oxygen atoms in total. The molecule has 1 amide bonds. The summed E-state index contributed by atoms with van der Waals surface area (Å²) in [4.78, 5) is 15.0. The largest absolute Gasteiger partial charge is 0.489 e. The second-order valence-corrected chi connectivity index (χ2v) is 8.68. The molecule has 0 unspecified atom stereocenters. The van der Waals surface area contributed by atoms with Crippen molar-refractivity contribution >= 4 is 46.0 Å². The quantitative estimate of drug-likeness (QED) is 0.364. The van der Waals surface area contributed by atoms with Crippen molar-refractivity contribution in [2.75, 3.05) is 11.7 Å². The van der Waals surface area contributed by atoms with E-state index in [1.54, 1.807) is 54.6 Å². The first-order valence-corrected chi connectivity index (χ1v) is 10.9. The van der Waals surface area contributed by atoms with E-state index in [0.717, 1.165) is 5.56 Å². The van der Waals surface area contributed by atoms with Crippen LogP contribution in [0.5, 0.6) is 17.2 Å².